The third kappa shape index (κ3) is 4.70. The lowest BCUT2D eigenvalue weighted by atomic mass is 10.1. The lowest BCUT2D eigenvalue weighted by Gasteiger charge is -2.10. The number of aryl methyl sites for hydroxylation is 1. The highest BCUT2D eigenvalue weighted by Crippen LogP contribution is 2.05. The molecule has 22 heavy (non-hydrogen) atoms. The number of benzene rings is 1. The fourth-order valence-electron chi connectivity index (χ4n) is 2.36. The van der Waals surface area contributed by atoms with Crippen LogP contribution in [0.3, 0.4) is 0 Å². The summed E-state index contributed by atoms with van der Waals surface area (Å²) in [6, 6.07) is 9.75. The van der Waals surface area contributed by atoms with E-state index in [4.69, 9.17) is 4.74 Å². The topological polar surface area (TPSA) is 56.1 Å². The van der Waals surface area contributed by atoms with E-state index in [9.17, 15) is 4.79 Å². The summed E-state index contributed by atoms with van der Waals surface area (Å²) in [5.41, 5.74) is 2.14. The Kier molecular flexibility index (Phi) is 6.15. The normalized spacial score (nSPS) is 10.6. The molecule has 0 radical (unpaired) electrons. The van der Waals surface area contributed by atoms with Crippen molar-refractivity contribution >= 4 is 5.91 Å². The van der Waals surface area contributed by atoms with E-state index in [1.165, 1.54) is 0 Å². The molecule has 0 unspecified atom stereocenters. The van der Waals surface area contributed by atoms with Gasteiger partial charge in [0.15, 0.2) is 0 Å². The van der Waals surface area contributed by atoms with Gasteiger partial charge in [-0.05, 0) is 12.5 Å². The molecule has 118 valence electrons. The second-order valence-electron chi connectivity index (χ2n) is 5.22. The molecule has 0 saturated heterocycles. The maximum Gasteiger partial charge on any atom is 0.224 e. The molecule has 0 aliphatic heterocycles. The summed E-state index contributed by atoms with van der Waals surface area (Å²) >= 11 is 0. The van der Waals surface area contributed by atoms with E-state index in [-0.39, 0.29) is 5.91 Å². The van der Waals surface area contributed by atoms with Gasteiger partial charge in [0.25, 0.3) is 0 Å². The van der Waals surface area contributed by atoms with Gasteiger partial charge in [-0.15, -0.1) is 0 Å². The Balaban J connectivity index is 1.80. The zero-order valence-electron chi connectivity index (χ0n) is 13.2. The van der Waals surface area contributed by atoms with Crippen molar-refractivity contribution in [2.75, 3.05) is 20.3 Å². The van der Waals surface area contributed by atoms with Crippen molar-refractivity contribution in [3.63, 3.8) is 0 Å². The number of carbonyl (C=O) groups excluding carboxylic acids is 1. The second-order valence-corrected chi connectivity index (χ2v) is 5.22. The Hall–Kier alpha value is -2.14. The Morgan fingerprint density at radius 3 is 2.82 bits per heavy atom. The van der Waals surface area contributed by atoms with Crippen LogP contribution in [0.4, 0.5) is 0 Å². The number of ether oxygens (including phenoxy) is 1. The molecule has 5 heteroatoms. The molecule has 1 amide bonds. The van der Waals surface area contributed by atoms with E-state index in [0.717, 1.165) is 30.0 Å². The van der Waals surface area contributed by atoms with Crippen molar-refractivity contribution < 1.29 is 9.53 Å². The maximum atomic E-state index is 11.9. The fraction of sp³-hybridized carbons (Fsp3) is 0.412. The summed E-state index contributed by atoms with van der Waals surface area (Å²) in [6.45, 7) is 4.06. The van der Waals surface area contributed by atoms with Gasteiger partial charge < -0.3 is 14.6 Å². The van der Waals surface area contributed by atoms with Gasteiger partial charge in [0.2, 0.25) is 5.91 Å². The van der Waals surface area contributed by atoms with Crippen molar-refractivity contribution in [1.29, 1.82) is 0 Å². The molecule has 0 aliphatic carbocycles. The van der Waals surface area contributed by atoms with Crippen LogP contribution in [0.5, 0.6) is 0 Å². The Bertz CT molecular complexity index is 593. The first-order chi connectivity index (χ1) is 10.7. The molecule has 2 rings (SSSR count). The molecule has 0 bridgehead atoms. The predicted molar refractivity (Wildman–Crippen MR) is 85.7 cm³/mol. The Morgan fingerprint density at radius 1 is 1.32 bits per heavy atom. The third-order valence-corrected chi connectivity index (χ3v) is 3.54. The first-order valence-electron chi connectivity index (χ1n) is 7.51. The molecule has 1 heterocycles. The van der Waals surface area contributed by atoms with Gasteiger partial charge in [-0.3, -0.25) is 4.79 Å². The summed E-state index contributed by atoms with van der Waals surface area (Å²) in [5, 5.41) is 2.95. The lowest BCUT2D eigenvalue weighted by molar-refractivity contribution is -0.120. The zero-order valence-corrected chi connectivity index (χ0v) is 13.2. The average Bonchev–Trinajstić information content (AvgIpc) is 2.86. The van der Waals surface area contributed by atoms with Crippen molar-refractivity contribution in [2.45, 2.75) is 26.3 Å². The highest BCUT2D eigenvalue weighted by Gasteiger charge is 2.08. The second kappa shape index (κ2) is 8.34. The molecule has 0 spiro atoms. The Morgan fingerprint density at radius 2 is 2.09 bits per heavy atom. The van der Waals surface area contributed by atoms with Crippen LogP contribution in [0.15, 0.2) is 36.5 Å². The minimum Gasteiger partial charge on any atom is -0.383 e. The van der Waals surface area contributed by atoms with Crippen molar-refractivity contribution in [3.8, 4) is 0 Å². The van der Waals surface area contributed by atoms with Gasteiger partial charge in [0.05, 0.1) is 13.0 Å². The molecule has 0 atom stereocenters. The van der Waals surface area contributed by atoms with Crippen molar-refractivity contribution in [3.05, 3.63) is 53.6 Å². The van der Waals surface area contributed by atoms with E-state index >= 15 is 0 Å². The van der Waals surface area contributed by atoms with E-state index in [1.807, 2.05) is 43.5 Å². The van der Waals surface area contributed by atoms with Gasteiger partial charge in [0.1, 0.15) is 5.82 Å². The van der Waals surface area contributed by atoms with Gasteiger partial charge >= 0.3 is 0 Å². The molecule has 1 aromatic heterocycles. The summed E-state index contributed by atoms with van der Waals surface area (Å²) in [7, 11) is 1.69. The van der Waals surface area contributed by atoms with Crippen molar-refractivity contribution in [2.24, 2.45) is 0 Å². The first kappa shape index (κ1) is 16.2. The van der Waals surface area contributed by atoms with E-state index in [1.54, 1.807) is 7.11 Å². The highest BCUT2D eigenvalue weighted by atomic mass is 16.5. The molecule has 1 aromatic carbocycles. The minimum absolute atomic E-state index is 0.0397. The smallest absolute Gasteiger partial charge is 0.224 e. The lowest BCUT2D eigenvalue weighted by Crippen LogP contribution is -2.28. The summed E-state index contributed by atoms with van der Waals surface area (Å²) in [5.74, 6) is 1.02. The number of amides is 1. The number of nitrogens with zero attached hydrogens (tertiary/aromatic N) is 2. The number of methoxy groups -OCH3 is 1. The van der Waals surface area contributed by atoms with Gasteiger partial charge in [-0.2, -0.15) is 0 Å². The number of nitrogens with one attached hydrogen (secondary N) is 1. The quantitative estimate of drug-likeness (QED) is 0.808. The molecular formula is C17H23N3O2. The Labute approximate surface area is 131 Å². The molecule has 1 N–H and O–H groups in total. The summed E-state index contributed by atoms with van der Waals surface area (Å²) in [6.07, 6.45) is 2.99. The van der Waals surface area contributed by atoms with E-state index < -0.39 is 0 Å². The minimum atomic E-state index is 0.0397. The third-order valence-electron chi connectivity index (χ3n) is 3.54. The van der Waals surface area contributed by atoms with Crippen LogP contribution in [0.1, 0.15) is 17.1 Å². The average molecular weight is 301 g/mol. The monoisotopic (exact) mass is 301 g/mol. The summed E-state index contributed by atoms with van der Waals surface area (Å²) in [4.78, 5) is 16.3. The number of aromatic nitrogens is 2. The van der Waals surface area contributed by atoms with Gasteiger partial charge in [0, 0.05) is 38.5 Å². The van der Waals surface area contributed by atoms with Crippen LogP contribution in [0.2, 0.25) is 0 Å². The number of hydrogen-bond acceptors (Lipinski definition) is 3. The molecule has 5 nitrogen and oxygen atoms in total. The fourth-order valence-corrected chi connectivity index (χ4v) is 2.36. The maximum absolute atomic E-state index is 11.9. The van der Waals surface area contributed by atoms with Crippen LogP contribution in [0, 0.1) is 6.92 Å². The van der Waals surface area contributed by atoms with Crippen LogP contribution in [-0.4, -0.2) is 35.7 Å². The molecule has 0 saturated carbocycles. The van der Waals surface area contributed by atoms with Crippen LogP contribution in [-0.2, 0) is 28.9 Å². The van der Waals surface area contributed by atoms with Gasteiger partial charge in [-0.25, -0.2) is 4.98 Å². The van der Waals surface area contributed by atoms with E-state index in [2.05, 4.69) is 14.9 Å². The van der Waals surface area contributed by atoms with Gasteiger partial charge in [-0.1, -0.05) is 30.3 Å². The van der Waals surface area contributed by atoms with E-state index in [0.29, 0.717) is 19.6 Å². The van der Waals surface area contributed by atoms with Crippen molar-refractivity contribution in [1.82, 2.24) is 14.9 Å². The molecular weight excluding hydrogens is 278 g/mol. The number of carbonyl (C=O) groups is 1. The predicted octanol–water partition coefficient (Wildman–Crippen LogP) is 1.74. The molecule has 2 aromatic rings. The molecule has 0 fully saturated rings. The first-order valence-corrected chi connectivity index (χ1v) is 7.51. The zero-order chi connectivity index (χ0) is 15.8. The van der Waals surface area contributed by atoms with Crippen LogP contribution >= 0.6 is 0 Å². The van der Waals surface area contributed by atoms with Crippen LogP contribution < -0.4 is 5.32 Å². The SMILES string of the molecule is COCCn1c(C)cnc1CCNC(=O)Cc1ccccc1. The number of hydrogen-bond donors (Lipinski definition) is 1. The molecule has 0 aliphatic rings. The standard InChI is InChI=1S/C17H23N3O2/c1-14-13-19-16(20(14)10-11-22-2)8-9-18-17(21)12-15-6-4-3-5-7-15/h3-7,13H,8-12H2,1-2H3,(H,18,21). The highest BCUT2D eigenvalue weighted by molar-refractivity contribution is 5.78. The largest absolute Gasteiger partial charge is 0.383 e. The summed E-state index contributed by atoms with van der Waals surface area (Å²) < 4.78 is 7.25. The number of imidazole rings is 1. The number of rotatable bonds is 8. The van der Waals surface area contributed by atoms with Crippen LogP contribution in [0.25, 0.3) is 0 Å².